The van der Waals surface area contributed by atoms with Crippen LogP contribution in [0, 0.1) is 0 Å². The molecule has 2 aliphatic rings. The van der Waals surface area contributed by atoms with E-state index < -0.39 is 136 Å². The topological polar surface area (TPSA) is 161 Å². The Morgan fingerprint density at radius 1 is 0.424 bits per heavy atom. The van der Waals surface area contributed by atoms with E-state index in [4.69, 9.17) is 0 Å². The third-order valence-corrected chi connectivity index (χ3v) is 10.0. The summed E-state index contributed by atoms with van der Waals surface area (Å²) in [4.78, 5) is 84.6. The van der Waals surface area contributed by atoms with E-state index in [-0.39, 0.29) is 46.5 Å². The second-order valence-electron chi connectivity index (χ2n) is 12.1. The molecule has 4 amide bonds. The molecule has 2 heterocycles. The van der Waals surface area contributed by atoms with Crippen molar-refractivity contribution < 1.29 is 99.5 Å². The number of carbonyl (C=O) groups excluding carboxylic acids is 6. The molecule has 0 atom stereocenters. The SMILES string of the molecule is O=C(ON1C(=O)c2ccc(S(=O)(=O)c3ccc4c(c3)C(=O)N(OC(=O)c3cc(C(F)(F)F)cc(C(F)(F)F)c3)C4=O)cc2C1=O)c1cc(C(F)(F)F)cc(C(F)(F)F)c1. The Hall–Kier alpha value is -6.79. The van der Waals surface area contributed by atoms with Crippen LogP contribution in [0.2, 0.25) is 0 Å². The molecule has 0 aromatic heterocycles. The molecule has 0 aliphatic carbocycles. The van der Waals surface area contributed by atoms with Crippen LogP contribution in [-0.2, 0) is 44.2 Å². The third-order valence-electron chi connectivity index (χ3n) is 8.26. The van der Waals surface area contributed by atoms with E-state index in [0.29, 0.717) is 36.4 Å². The normalized spacial score (nSPS) is 14.8. The average Bonchev–Trinajstić information content (AvgIpc) is 3.52. The lowest BCUT2D eigenvalue weighted by atomic mass is 10.0. The zero-order chi connectivity index (χ0) is 43.9. The van der Waals surface area contributed by atoms with Gasteiger partial charge in [-0.1, -0.05) is 10.1 Å². The zero-order valence-electron chi connectivity index (χ0n) is 27.8. The first-order chi connectivity index (χ1) is 27.0. The molecule has 0 bridgehead atoms. The lowest BCUT2D eigenvalue weighted by Gasteiger charge is -2.16. The molecular formula is C34H12F12N2O10S. The summed E-state index contributed by atoms with van der Waals surface area (Å²) in [6.45, 7) is 0. The van der Waals surface area contributed by atoms with Crippen molar-refractivity contribution in [2.45, 2.75) is 34.5 Å². The number of sulfone groups is 1. The van der Waals surface area contributed by atoms with Gasteiger partial charge in [-0.2, -0.15) is 52.7 Å². The predicted molar refractivity (Wildman–Crippen MR) is 163 cm³/mol. The summed E-state index contributed by atoms with van der Waals surface area (Å²) >= 11 is 0. The van der Waals surface area contributed by atoms with Gasteiger partial charge >= 0.3 is 36.6 Å². The number of hydrogen-bond acceptors (Lipinski definition) is 10. The number of amides is 4. The van der Waals surface area contributed by atoms with Gasteiger partial charge in [-0.25, -0.2) is 18.0 Å². The molecule has 308 valence electrons. The quantitative estimate of drug-likeness (QED) is 0.142. The molecule has 2 aliphatic heterocycles. The number of alkyl halides is 12. The Labute approximate surface area is 317 Å². The maximum absolute atomic E-state index is 13.6. The van der Waals surface area contributed by atoms with Crippen molar-refractivity contribution in [1.29, 1.82) is 0 Å². The van der Waals surface area contributed by atoms with Gasteiger partial charge in [0.25, 0.3) is 23.6 Å². The summed E-state index contributed by atoms with van der Waals surface area (Å²) < 4.78 is 186. The maximum atomic E-state index is 13.6. The Morgan fingerprint density at radius 3 is 0.966 bits per heavy atom. The second-order valence-corrected chi connectivity index (χ2v) is 14.0. The number of halogens is 12. The van der Waals surface area contributed by atoms with E-state index in [1.165, 1.54) is 0 Å². The van der Waals surface area contributed by atoms with Gasteiger partial charge in [-0.3, -0.25) is 19.2 Å². The molecule has 0 spiro atoms. The van der Waals surface area contributed by atoms with Gasteiger partial charge in [0.15, 0.2) is 0 Å². The van der Waals surface area contributed by atoms with E-state index in [2.05, 4.69) is 9.68 Å². The minimum absolute atomic E-state index is 0.0536. The van der Waals surface area contributed by atoms with Crippen molar-refractivity contribution in [2.24, 2.45) is 0 Å². The van der Waals surface area contributed by atoms with Crippen molar-refractivity contribution in [3.8, 4) is 0 Å². The van der Waals surface area contributed by atoms with Gasteiger partial charge < -0.3 is 9.68 Å². The Bertz CT molecular complexity index is 2430. The van der Waals surface area contributed by atoms with Gasteiger partial charge in [-0.05, 0) is 72.8 Å². The highest BCUT2D eigenvalue weighted by Gasteiger charge is 2.44. The van der Waals surface area contributed by atoms with Gasteiger partial charge in [0.2, 0.25) is 9.84 Å². The maximum Gasteiger partial charge on any atom is 0.416 e. The molecule has 12 nitrogen and oxygen atoms in total. The Balaban J connectivity index is 1.24. The van der Waals surface area contributed by atoms with E-state index in [1.807, 2.05) is 0 Å². The average molecular weight is 869 g/mol. The smallest absolute Gasteiger partial charge is 0.324 e. The molecule has 0 radical (unpaired) electrons. The molecule has 4 aromatic rings. The Morgan fingerprint density at radius 2 is 0.695 bits per heavy atom. The predicted octanol–water partition coefficient (Wildman–Crippen LogP) is 7.33. The first kappa shape index (κ1) is 41.8. The van der Waals surface area contributed by atoms with Gasteiger partial charge in [0, 0.05) is 0 Å². The molecule has 6 rings (SSSR count). The molecular weight excluding hydrogens is 856 g/mol. The molecule has 0 saturated heterocycles. The zero-order valence-corrected chi connectivity index (χ0v) is 28.7. The standard InChI is InChI=1S/C34H12F12N2O10S/c35-31(36,37)15-5-13(6-16(9-15)32(38,39)40)29(53)57-47-25(49)21-3-1-19(11-23(21)27(47)51)59(55,56)20-2-4-22-24(12-20)28(52)48(26(22)50)58-30(54)14-7-17(33(41,42)43)10-18(8-14)34(44,45)46/h1-12H. The summed E-state index contributed by atoms with van der Waals surface area (Å²) in [6, 6.07) is 3.01. The largest absolute Gasteiger partial charge is 0.416 e. The first-order valence-electron chi connectivity index (χ1n) is 15.3. The van der Waals surface area contributed by atoms with Crippen LogP contribution >= 0.6 is 0 Å². The van der Waals surface area contributed by atoms with Crippen LogP contribution in [0.5, 0.6) is 0 Å². The molecule has 59 heavy (non-hydrogen) atoms. The number of carbonyl (C=O) groups is 6. The highest BCUT2D eigenvalue weighted by molar-refractivity contribution is 7.91. The molecule has 0 unspecified atom stereocenters. The fraction of sp³-hybridized carbons (Fsp3) is 0.118. The highest BCUT2D eigenvalue weighted by atomic mass is 32.2. The van der Waals surface area contributed by atoms with Crippen molar-refractivity contribution in [2.75, 3.05) is 0 Å². The third kappa shape index (κ3) is 7.66. The van der Waals surface area contributed by atoms with Crippen LogP contribution < -0.4 is 0 Å². The Kier molecular flexibility index (Phi) is 9.69. The minimum Gasteiger partial charge on any atom is -0.324 e. The molecule has 0 N–H and O–H groups in total. The van der Waals surface area contributed by atoms with Crippen molar-refractivity contribution in [1.82, 2.24) is 10.1 Å². The fourth-order valence-electron chi connectivity index (χ4n) is 5.45. The monoisotopic (exact) mass is 868 g/mol. The van der Waals surface area contributed by atoms with E-state index in [1.54, 1.807) is 0 Å². The van der Waals surface area contributed by atoms with Crippen LogP contribution in [0.25, 0.3) is 0 Å². The van der Waals surface area contributed by atoms with Crippen LogP contribution in [0.15, 0.2) is 82.6 Å². The van der Waals surface area contributed by atoms with Crippen molar-refractivity contribution >= 4 is 45.4 Å². The second kappa shape index (κ2) is 13.7. The first-order valence-corrected chi connectivity index (χ1v) is 16.8. The van der Waals surface area contributed by atoms with E-state index >= 15 is 0 Å². The summed E-state index contributed by atoms with van der Waals surface area (Å²) in [5.41, 5.74) is -13.5. The molecule has 4 aromatic carbocycles. The van der Waals surface area contributed by atoms with Crippen LogP contribution in [0.3, 0.4) is 0 Å². The van der Waals surface area contributed by atoms with Crippen molar-refractivity contribution in [3.63, 3.8) is 0 Å². The molecule has 25 heteroatoms. The number of rotatable bonds is 6. The lowest BCUT2D eigenvalue weighted by molar-refractivity contribution is -0.144. The van der Waals surface area contributed by atoms with Crippen LogP contribution in [-0.4, -0.2) is 54.1 Å². The van der Waals surface area contributed by atoms with Gasteiger partial charge in [0.05, 0.1) is 65.4 Å². The summed E-state index contributed by atoms with van der Waals surface area (Å²) in [5, 5.41) is -0.731. The number of hydrogen-bond donors (Lipinski definition) is 0. The summed E-state index contributed by atoms with van der Waals surface area (Å²) in [5.74, 6) is -10.3. The number of fused-ring (bicyclic) bond motifs is 2. The lowest BCUT2D eigenvalue weighted by Crippen LogP contribution is -2.33. The number of nitrogens with zero attached hydrogens (tertiary/aromatic N) is 2. The molecule has 0 fully saturated rings. The van der Waals surface area contributed by atoms with Gasteiger partial charge in [-0.15, -0.1) is 0 Å². The number of benzene rings is 4. The minimum atomic E-state index is -5.40. The van der Waals surface area contributed by atoms with Crippen LogP contribution in [0.1, 0.15) is 84.4 Å². The number of hydroxylamine groups is 4. The van der Waals surface area contributed by atoms with E-state index in [0.717, 1.165) is 0 Å². The highest BCUT2D eigenvalue weighted by Crippen LogP contribution is 2.39. The van der Waals surface area contributed by atoms with Crippen molar-refractivity contribution in [3.05, 3.63) is 128 Å². The van der Waals surface area contributed by atoms with Crippen LogP contribution in [0.4, 0.5) is 52.7 Å². The summed E-state index contributed by atoms with van der Waals surface area (Å²) in [6.07, 6.45) is -21.6. The van der Waals surface area contributed by atoms with Gasteiger partial charge in [0.1, 0.15) is 0 Å². The molecule has 0 saturated carbocycles. The summed E-state index contributed by atoms with van der Waals surface area (Å²) in [7, 11) is -4.91. The van der Waals surface area contributed by atoms with E-state index in [9.17, 15) is 89.9 Å². The number of imide groups is 2. The fourth-order valence-corrected chi connectivity index (χ4v) is 6.76.